The molecule has 0 saturated carbocycles. The second kappa shape index (κ2) is 11.5. The molecule has 0 bridgehead atoms. The van der Waals surface area contributed by atoms with E-state index in [0.29, 0.717) is 17.5 Å². The first kappa shape index (κ1) is 28.3. The summed E-state index contributed by atoms with van der Waals surface area (Å²) >= 11 is 0. The van der Waals surface area contributed by atoms with Crippen molar-refractivity contribution in [2.75, 3.05) is 0 Å². The molecule has 3 nitrogen and oxygen atoms in total. The molecule has 10 aromatic rings. The van der Waals surface area contributed by atoms with Crippen LogP contribution in [0, 0.1) is 0 Å². The topological polar surface area (TPSA) is 38.7 Å². The fourth-order valence-electron chi connectivity index (χ4n) is 7.35. The van der Waals surface area contributed by atoms with Gasteiger partial charge >= 0.3 is 0 Å². The van der Waals surface area contributed by atoms with Gasteiger partial charge in [0.1, 0.15) is 0 Å². The van der Waals surface area contributed by atoms with E-state index in [1.165, 1.54) is 48.7 Å². The number of benzene rings is 9. The van der Waals surface area contributed by atoms with Crippen molar-refractivity contribution >= 4 is 53.9 Å². The second-order valence-corrected chi connectivity index (χ2v) is 12.9. The normalized spacial score (nSPS) is 11.6. The molecule has 0 aliphatic rings. The lowest BCUT2D eigenvalue weighted by atomic mass is 9.92. The van der Waals surface area contributed by atoms with Gasteiger partial charge in [-0.15, -0.1) is 0 Å². The predicted octanol–water partition coefficient (Wildman–Crippen LogP) is 12.3. The van der Waals surface area contributed by atoms with Gasteiger partial charge in [0, 0.05) is 16.7 Å². The largest absolute Gasteiger partial charge is 0.208 e. The fraction of sp³-hybridized carbons (Fsp3) is 0. The molecule has 0 unspecified atom stereocenters. The van der Waals surface area contributed by atoms with E-state index in [-0.39, 0.29) is 0 Å². The van der Waals surface area contributed by atoms with Gasteiger partial charge in [-0.25, -0.2) is 15.0 Å². The van der Waals surface area contributed by atoms with Crippen molar-refractivity contribution in [1.29, 1.82) is 0 Å². The highest BCUT2D eigenvalue weighted by Gasteiger charge is 2.15. The SMILES string of the molecule is c1cc(-c2nc(-c3ccc4ccccc4c3)nc(-c3ccc4ccccc4c3)n2)cc(-c2cccc3c2ccc2c4ccccc4ccc32)c1. The van der Waals surface area contributed by atoms with E-state index in [2.05, 4.69) is 176 Å². The Morgan fingerprint density at radius 2 is 0.680 bits per heavy atom. The van der Waals surface area contributed by atoms with Crippen molar-refractivity contribution in [2.24, 2.45) is 0 Å². The molecule has 0 N–H and O–H groups in total. The van der Waals surface area contributed by atoms with Crippen LogP contribution in [0.25, 0.3) is 99.2 Å². The Morgan fingerprint density at radius 1 is 0.240 bits per heavy atom. The first-order valence-corrected chi connectivity index (χ1v) is 16.9. The Morgan fingerprint density at radius 3 is 1.36 bits per heavy atom. The Balaban J connectivity index is 1.14. The van der Waals surface area contributed by atoms with E-state index in [1.807, 2.05) is 0 Å². The maximum atomic E-state index is 5.11. The van der Waals surface area contributed by atoms with Crippen molar-refractivity contribution in [3.8, 4) is 45.3 Å². The van der Waals surface area contributed by atoms with Crippen LogP contribution in [0.4, 0.5) is 0 Å². The zero-order valence-electron chi connectivity index (χ0n) is 27.1. The van der Waals surface area contributed by atoms with Crippen molar-refractivity contribution in [1.82, 2.24) is 15.0 Å². The molecule has 0 fully saturated rings. The molecule has 50 heavy (non-hydrogen) atoms. The molecular weight excluding hydrogens is 607 g/mol. The maximum absolute atomic E-state index is 5.11. The van der Waals surface area contributed by atoms with Gasteiger partial charge in [-0.3, -0.25) is 0 Å². The molecule has 0 atom stereocenters. The van der Waals surface area contributed by atoms with Crippen LogP contribution in [-0.4, -0.2) is 15.0 Å². The van der Waals surface area contributed by atoms with Crippen LogP contribution in [0.1, 0.15) is 0 Å². The number of hydrogen-bond acceptors (Lipinski definition) is 3. The number of aromatic nitrogens is 3. The Kier molecular flexibility index (Phi) is 6.49. The number of rotatable bonds is 4. The Hall–Kier alpha value is -6.71. The van der Waals surface area contributed by atoms with Crippen molar-refractivity contribution in [2.45, 2.75) is 0 Å². The van der Waals surface area contributed by atoms with E-state index in [9.17, 15) is 0 Å². The van der Waals surface area contributed by atoms with Gasteiger partial charge in [0.25, 0.3) is 0 Å². The minimum atomic E-state index is 0.644. The number of fused-ring (bicyclic) bond motifs is 7. The van der Waals surface area contributed by atoms with Crippen LogP contribution >= 0.6 is 0 Å². The summed E-state index contributed by atoms with van der Waals surface area (Å²) in [4.78, 5) is 15.3. The average molecular weight is 636 g/mol. The Bertz CT molecular complexity index is 2850. The number of nitrogens with zero attached hydrogens (tertiary/aromatic N) is 3. The van der Waals surface area contributed by atoms with E-state index >= 15 is 0 Å². The molecule has 0 aliphatic heterocycles. The summed E-state index contributed by atoms with van der Waals surface area (Å²) in [6.07, 6.45) is 0. The minimum Gasteiger partial charge on any atom is -0.208 e. The smallest absolute Gasteiger partial charge is 0.164 e. The third-order valence-electron chi connectivity index (χ3n) is 9.87. The summed E-state index contributed by atoms with van der Waals surface area (Å²) in [6.45, 7) is 0. The van der Waals surface area contributed by atoms with E-state index < -0.39 is 0 Å². The molecule has 1 heterocycles. The molecule has 232 valence electrons. The van der Waals surface area contributed by atoms with Gasteiger partial charge in [0.2, 0.25) is 0 Å². The van der Waals surface area contributed by atoms with Crippen molar-refractivity contribution < 1.29 is 0 Å². The van der Waals surface area contributed by atoms with Crippen LogP contribution < -0.4 is 0 Å². The molecule has 0 amide bonds. The summed E-state index contributed by atoms with van der Waals surface area (Å²) in [5.41, 5.74) is 5.15. The van der Waals surface area contributed by atoms with E-state index in [4.69, 9.17) is 15.0 Å². The number of hydrogen-bond donors (Lipinski definition) is 0. The summed E-state index contributed by atoms with van der Waals surface area (Å²) in [5, 5.41) is 12.2. The van der Waals surface area contributed by atoms with Crippen LogP contribution in [-0.2, 0) is 0 Å². The lowest BCUT2D eigenvalue weighted by Gasteiger charge is -2.13. The summed E-state index contributed by atoms with van der Waals surface area (Å²) < 4.78 is 0. The summed E-state index contributed by atoms with van der Waals surface area (Å²) in [5.74, 6) is 1.95. The molecule has 0 saturated heterocycles. The third-order valence-corrected chi connectivity index (χ3v) is 9.87. The Labute approximate surface area is 289 Å². The molecule has 1 aromatic heterocycles. The van der Waals surface area contributed by atoms with Gasteiger partial charge in [-0.2, -0.15) is 0 Å². The van der Waals surface area contributed by atoms with Crippen LogP contribution in [0.2, 0.25) is 0 Å². The maximum Gasteiger partial charge on any atom is 0.164 e. The molecule has 3 heteroatoms. The van der Waals surface area contributed by atoms with Gasteiger partial charge in [-0.05, 0) is 83.2 Å². The summed E-state index contributed by atoms with van der Waals surface area (Å²) in [6, 6.07) is 62.4. The fourth-order valence-corrected chi connectivity index (χ4v) is 7.35. The zero-order valence-corrected chi connectivity index (χ0v) is 27.1. The molecule has 9 aromatic carbocycles. The minimum absolute atomic E-state index is 0.644. The molecule has 0 radical (unpaired) electrons. The van der Waals surface area contributed by atoms with Crippen LogP contribution in [0.3, 0.4) is 0 Å². The monoisotopic (exact) mass is 635 g/mol. The van der Waals surface area contributed by atoms with Gasteiger partial charge in [0.05, 0.1) is 0 Å². The lowest BCUT2D eigenvalue weighted by Crippen LogP contribution is -2.00. The van der Waals surface area contributed by atoms with Crippen LogP contribution in [0.15, 0.2) is 176 Å². The quantitative estimate of drug-likeness (QED) is 0.181. The molecular formula is C47H29N3. The predicted molar refractivity (Wildman–Crippen MR) is 209 cm³/mol. The first-order chi connectivity index (χ1) is 24.7. The molecule has 10 rings (SSSR count). The van der Waals surface area contributed by atoms with Crippen molar-refractivity contribution in [3.05, 3.63) is 176 Å². The van der Waals surface area contributed by atoms with Gasteiger partial charge in [0.15, 0.2) is 17.5 Å². The third kappa shape index (κ3) is 4.79. The first-order valence-electron chi connectivity index (χ1n) is 16.9. The van der Waals surface area contributed by atoms with Crippen LogP contribution in [0.5, 0.6) is 0 Å². The van der Waals surface area contributed by atoms with Gasteiger partial charge in [-0.1, -0.05) is 158 Å². The highest BCUT2D eigenvalue weighted by atomic mass is 15.0. The standard InChI is InChI=1S/C47H29N3/c1-3-12-33-27-37(21-19-30(33)9-1)46-48-45(49-47(50-46)38-22-20-31-10-2-4-13-34(31)28-38)36-15-7-14-35(29-36)40-17-8-18-41-43(40)26-25-42-39-16-6-5-11-32(39)23-24-44(41)42/h1-29H. The highest BCUT2D eigenvalue weighted by Crippen LogP contribution is 2.37. The zero-order chi connectivity index (χ0) is 33.0. The van der Waals surface area contributed by atoms with Gasteiger partial charge < -0.3 is 0 Å². The molecule has 0 aliphatic carbocycles. The van der Waals surface area contributed by atoms with Crippen molar-refractivity contribution in [3.63, 3.8) is 0 Å². The summed E-state index contributed by atoms with van der Waals surface area (Å²) in [7, 11) is 0. The average Bonchev–Trinajstić information content (AvgIpc) is 3.19. The van der Waals surface area contributed by atoms with E-state index in [0.717, 1.165) is 33.0 Å². The second-order valence-electron chi connectivity index (χ2n) is 12.9. The lowest BCUT2D eigenvalue weighted by molar-refractivity contribution is 1.08. The van der Waals surface area contributed by atoms with E-state index in [1.54, 1.807) is 0 Å². The highest BCUT2D eigenvalue weighted by molar-refractivity contribution is 6.19. The molecule has 0 spiro atoms.